The van der Waals surface area contributed by atoms with Crippen molar-refractivity contribution in [2.45, 2.75) is 33.1 Å². The fraction of sp³-hybridized carbons (Fsp3) is 1.00. The highest BCUT2D eigenvalue weighted by Crippen LogP contribution is 2.23. The van der Waals surface area contributed by atoms with Gasteiger partial charge in [-0.2, -0.15) is 0 Å². The molecule has 0 aliphatic carbocycles. The molecule has 1 aliphatic heterocycles. The molecule has 0 aromatic heterocycles. The zero-order chi connectivity index (χ0) is 12.0. The van der Waals surface area contributed by atoms with E-state index in [1.807, 2.05) is 7.05 Å². The van der Waals surface area contributed by atoms with Crippen molar-refractivity contribution in [2.75, 3.05) is 39.8 Å². The predicted octanol–water partition coefficient (Wildman–Crippen LogP) is 1.33. The van der Waals surface area contributed by atoms with E-state index in [0.29, 0.717) is 17.9 Å². The Kier molecular flexibility index (Phi) is 5.73. The SMILES string of the molecule is CNCC(C)(C)CN1CCCC(CCO)C1. The third kappa shape index (κ3) is 4.81. The minimum atomic E-state index is 0.343. The van der Waals surface area contributed by atoms with Crippen LogP contribution < -0.4 is 5.32 Å². The van der Waals surface area contributed by atoms with Crippen LogP contribution in [0.15, 0.2) is 0 Å². The van der Waals surface area contributed by atoms with Gasteiger partial charge in [0.1, 0.15) is 0 Å². The summed E-state index contributed by atoms with van der Waals surface area (Å²) in [5.41, 5.74) is 0.343. The first-order valence-corrected chi connectivity index (χ1v) is 6.55. The van der Waals surface area contributed by atoms with Gasteiger partial charge in [-0.1, -0.05) is 13.8 Å². The molecule has 0 aromatic rings. The zero-order valence-electron chi connectivity index (χ0n) is 11.1. The summed E-state index contributed by atoms with van der Waals surface area (Å²) in [6.45, 7) is 9.61. The largest absolute Gasteiger partial charge is 0.396 e. The van der Waals surface area contributed by atoms with Crippen LogP contribution >= 0.6 is 0 Å². The minimum Gasteiger partial charge on any atom is -0.396 e. The number of aliphatic hydroxyl groups excluding tert-OH is 1. The van der Waals surface area contributed by atoms with E-state index in [9.17, 15) is 0 Å². The number of piperidine rings is 1. The Morgan fingerprint density at radius 1 is 1.44 bits per heavy atom. The lowest BCUT2D eigenvalue weighted by molar-refractivity contribution is 0.107. The summed E-state index contributed by atoms with van der Waals surface area (Å²) in [7, 11) is 2.02. The second-order valence-electron chi connectivity index (χ2n) is 5.95. The Morgan fingerprint density at radius 2 is 2.19 bits per heavy atom. The van der Waals surface area contributed by atoms with Gasteiger partial charge < -0.3 is 15.3 Å². The third-order valence-corrected chi connectivity index (χ3v) is 3.45. The van der Waals surface area contributed by atoms with Crippen molar-refractivity contribution in [1.29, 1.82) is 0 Å². The summed E-state index contributed by atoms with van der Waals surface area (Å²) in [4.78, 5) is 2.57. The number of aliphatic hydroxyl groups is 1. The number of likely N-dealkylation sites (tertiary alicyclic amines) is 1. The summed E-state index contributed by atoms with van der Waals surface area (Å²) in [6, 6.07) is 0. The monoisotopic (exact) mass is 228 g/mol. The van der Waals surface area contributed by atoms with Gasteiger partial charge in [-0.05, 0) is 44.2 Å². The Labute approximate surface area is 100 Å². The van der Waals surface area contributed by atoms with Gasteiger partial charge in [0.25, 0.3) is 0 Å². The molecule has 0 aromatic carbocycles. The number of hydrogen-bond donors (Lipinski definition) is 2. The Bertz CT molecular complexity index is 192. The van der Waals surface area contributed by atoms with E-state index < -0.39 is 0 Å². The molecule has 2 N–H and O–H groups in total. The molecule has 1 aliphatic rings. The highest BCUT2D eigenvalue weighted by atomic mass is 16.3. The lowest BCUT2D eigenvalue weighted by Gasteiger charge is -2.38. The highest BCUT2D eigenvalue weighted by molar-refractivity contribution is 4.80. The summed E-state index contributed by atoms with van der Waals surface area (Å²) in [6.07, 6.45) is 3.56. The molecule has 0 bridgehead atoms. The maximum atomic E-state index is 8.99. The molecular formula is C13H28N2O. The van der Waals surface area contributed by atoms with Gasteiger partial charge in [-0.15, -0.1) is 0 Å². The molecule has 0 spiro atoms. The van der Waals surface area contributed by atoms with E-state index in [0.717, 1.165) is 19.5 Å². The van der Waals surface area contributed by atoms with E-state index in [2.05, 4.69) is 24.1 Å². The van der Waals surface area contributed by atoms with Gasteiger partial charge in [-0.3, -0.25) is 0 Å². The fourth-order valence-corrected chi connectivity index (χ4v) is 2.85. The van der Waals surface area contributed by atoms with Crippen molar-refractivity contribution in [2.24, 2.45) is 11.3 Å². The first-order chi connectivity index (χ1) is 7.57. The van der Waals surface area contributed by atoms with Crippen molar-refractivity contribution in [3.63, 3.8) is 0 Å². The molecule has 1 saturated heterocycles. The molecule has 0 saturated carbocycles. The number of rotatable bonds is 6. The topological polar surface area (TPSA) is 35.5 Å². The first-order valence-electron chi connectivity index (χ1n) is 6.55. The average molecular weight is 228 g/mol. The molecule has 3 nitrogen and oxygen atoms in total. The van der Waals surface area contributed by atoms with Gasteiger partial charge in [0.2, 0.25) is 0 Å². The van der Waals surface area contributed by atoms with Crippen LogP contribution in [0.4, 0.5) is 0 Å². The lowest BCUT2D eigenvalue weighted by atomic mass is 9.89. The highest BCUT2D eigenvalue weighted by Gasteiger charge is 2.25. The second kappa shape index (κ2) is 6.58. The van der Waals surface area contributed by atoms with Gasteiger partial charge in [0.15, 0.2) is 0 Å². The van der Waals surface area contributed by atoms with E-state index in [1.54, 1.807) is 0 Å². The van der Waals surface area contributed by atoms with Crippen molar-refractivity contribution in [1.82, 2.24) is 10.2 Å². The van der Waals surface area contributed by atoms with Crippen molar-refractivity contribution >= 4 is 0 Å². The van der Waals surface area contributed by atoms with Gasteiger partial charge >= 0.3 is 0 Å². The zero-order valence-corrected chi connectivity index (χ0v) is 11.1. The van der Waals surface area contributed by atoms with Gasteiger partial charge in [-0.25, -0.2) is 0 Å². The maximum absolute atomic E-state index is 8.99. The lowest BCUT2D eigenvalue weighted by Crippen LogP contribution is -2.44. The Balaban J connectivity index is 2.36. The molecule has 16 heavy (non-hydrogen) atoms. The third-order valence-electron chi connectivity index (χ3n) is 3.45. The van der Waals surface area contributed by atoms with E-state index in [4.69, 9.17) is 5.11 Å². The molecule has 3 heteroatoms. The smallest absolute Gasteiger partial charge is 0.0434 e. The molecule has 0 radical (unpaired) electrons. The summed E-state index contributed by atoms with van der Waals surface area (Å²) in [5, 5.41) is 12.3. The van der Waals surface area contributed by atoms with Crippen molar-refractivity contribution in [3.05, 3.63) is 0 Å². The van der Waals surface area contributed by atoms with Gasteiger partial charge in [0, 0.05) is 26.2 Å². The maximum Gasteiger partial charge on any atom is 0.0434 e. The van der Waals surface area contributed by atoms with Crippen molar-refractivity contribution in [3.8, 4) is 0 Å². The molecule has 1 heterocycles. The second-order valence-corrected chi connectivity index (χ2v) is 5.95. The van der Waals surface area contributed by atoms with E-state index in [-0.39, 0.29) is 0 Å². The van der Waals surface area contributed by atoms with Crippen LogP contribution in [0.25, 0.3) is 0 Å². The first kappa shape index (κ1) is 13.9. The van der Waals surface area contributed by atoms with Crippen LogP contribution in [0.5, 0.6) is 0 Å². The number of hydrogen-bond acceptors (Lipinski definition) is 3. The number of nitrogens with zero attached hydrogens (tertiary/aromatic N) is 1. The summed E-state index contributed by atoms with van der Waals surface area (Å²) in [5.74, 6) is 0.712. The van der Waals surface area contributed by atoms with Crippen LogP contribution in [-0.4, -0.2) is 49.8 Å². The van der Waals surface area contributed by atoms with Gasteiger partial charge in [0.05, 0.1) is 0 Å². The summed E-state index contributed by atoms with van der Waals surface area (Å²) < 4.78 is 0. The van der Waals surface area contributed by atoms with Crippen LogP contribution in [0.1, 0.15) is 33.1 Å². The number of nitrogens with one attached hydrogen (secondary N) is 1. The standard InChI is InChI=1S/C13H28N2O/c1-13(2,10-14-3)11-15-7-4-5-12(9-15)6-8-16/h12,14,16H,4-11H2,1-3H3. The molecule has 1 unspecified atom stereocenters. The van der Waals surface area contributed by atoms with Crippen LogP contribution in [0.3, 0.4) is 0 Å². The predicted molar refractivity (Wildman–Crippen MR) is 68.6 cm³/mol. The average Bonchev–Trinajstić information content (AvgIpc) is 2.17. The molecule has 96 valence electrons. The summed E-state index contributed by atoms with van der Waals surface area (Å²) >= 11 is 0. The quantitative estimate of drug-likeness (QED) is 0.720. The molecule has 1 rings (SSSR count). The Morgan fingerprint density at radius 3 is 2.81 bits per heavy atom. The molecule has 0 amide bonds. The van der Waals surface area contributed by atoms with Crippen LogP contribution in [0.2, 0.25) is 0 Å². The van der Waals surface area contributed by atoms with E-state index >= 15 is 0 Å². The molecular weight excluding hydrogens is 200 g/mol. The normalized spacial score (nSPS) is 23.6. The Hall–Kier alpha value is -0.120. The van der Waals surface area contributed by atoms with Crippen molar-refractivity contribution < 1.29 is 5.11 Å². The van der Waals surface area contributed by atoms with E-state index in [1.165, 1.54) is 25.9 Å². The minimum absolute atomic E-state index is 0.343. The molecule has 1 atom stereocenters. The van der Waals surface area contributed by atoms with Crippen LogP contribution in [0, 0.1) is 11.3 Å². The molecule has 1 fully saturated rings. The van der Waals surface area contributed by atoms with Crippen LogP contribution in [-0.2, 0) is 0 Å². The fourth-order valence-electron chi connectivity index (χ4n) is 2.85.